The van der Waals surface area contributed by atoms with Crippen LogP contribution in [-0.4, -0.2) is 30.0 Å². The highest BCUT2D eigenvalue weighted by atomic mass is 32.3. The van der Waals surface area contributed by atoms with Crippen molar-refractivity contribution in [3.8, 4) is 22.6 Å². The molecule has 0 aliphatic rings. The average Bonchev–Trinajstić information content (AvgIpc) is 2.79. The molecule has 0 aromatic heterocycles. The molecule has 0 saturated heterocycles. The first kappa shape index (κ1) is 25.7. The molecule has 0 saturated carbocycles. The van der Waals surface area contributed by atoms with E-state index in [4.69, 9.17) is 12.5 Å². The maximum Gasteiger partial charge on any atom is 0.449 e. The minimum Gasteiger partial charge on any atom is -0.362 e. The summed E-state index contributed by atoms with van der Waals surface area (Å²) >= 11 is 0. The summed E-state index contributed by atoms with van der Waals surface area (Å²) in [4.78, 5) is 0. The molecule has 34 heavy (non-hydrogen) atoms. The predicted molar refractivity (Wildman–Crippen MR) is 128 cm³/mol. The van der Waals surface area contributed by atoms with Crippen molar-refractivity contribution in [3.63, 3.8) is 0 Å². The van der Waals surface area contributed by atoms with E-state index in [2.05, 4.69) is 4.18 Å². The molecule has 0 heterocycles. The maximum absolute atomic E-state index is 12.1. The summed E-state index contributed by atoms with van der Waals surface area (Å²) in [5, 5.41) is 0. The standard InChI is InChI=1S/C24H26O8S2/c1-4-29-33(25,26)31-22-14-11-19(12-15-22)18(3)21-13-16-24(32-34(27,28)30-5-2)23(17-21)20-9-7-6-8-10-20/h6-18H,4-5H2,1-3H3. The predicted octanol–water partition coefficient (Wildman–Crippen LogP) is 4.83. The summed E-state index contributed by atoms with van der Waals surface area (Å²) in [6.07, 6.45) is 0. The summed E-state index contributed by atoms with van der Waals surface area (Å²) in [7, 11) is -8.30. The van der Waals surface area contributed by atoms with Gasteiger partial charge < -0.3 is 8.37 Å². The normalized spacial score (nSPS) is 12.8. The zero-order chi connectivity index (χ0) is 24.8. The molecule has 10 heteroatoms. The van der Waals surface area contributed by atoms with Gasteiger partial charge >= 0.3 is 20.8 Å². The average molecular weight is 507 g/mol. The van der Waals surface area contributed by atoms with E-state index < -0.39 is 20.8 Å². The molecule has 8 nitrogen and oxygen atoms in total. The molecule has 3 rings (SSSR count). The minimum absolute atomic E-state index is 0.0211. The van der Waals surface area contributed by atoms with Crippen LogP contribution in [0.5, 0.6) is 11.5 Å². The van der Waals surface area contributed by atoms with Gasteiger partial charge in [-0.2, -0.15) is 16.8 Å². The molecule has 0 aliphatic carbocycles. The number of benzene rings is 3. The Morgan fingerprint density at radius 2 is 1.26 bits per heavy atom. The molecule has 0 spiro atoms. The van der Waals surface area contributed by atoms with Crippen LogP contribution in [0.1, 0.15) is 37.8 Å². The molecule has 1 atom stereocenters. The van der Waals surface area contributed by atoms with Gasteiger partial charge in [0.05, 0.1) is 13.2 Å². The van der Waals surface area contributed by atoms with Crippen LogP contribution in [0.4, 0.5) is 0 Å². The van der Waals surface area contributed by atoms with E-state index in [9.17, 15) is 16.8 Å². The van der Waals surface area contributed by atoms with E-state index in [0.717, 1.165) is 16.7 Å². The third kappa shape index (κ3) is 6.80. The highest BCUT2D eigenvalue weighted by Crippen LogP contribution is 2.36. The Balaban J connectivity index is 1.92. The second kappa shape index (κ2) is 11.0. The SMILES string of the molecule is CCOS(=O)(=O)Oc1ccc(C(C)c2ccc(OS(=O)(=O)OCC)c(-c3ccccc3)c2)cc1. The topological polar surface area (TPSA) is 105 Å². The third-order valence-electron chi connectivity index (χ3n) is 4.88. The van der Waals surface area contributed by atoms with Gasteiger partial charge in [-0.15, -0.1) is 0 Å². The molecule has 3 aromatic rings. The quantitative estimate of drug-likeness (QED) is 0.364. The van der Waals surface area contributed by atoms with Gasteiger partial charge in [-0.1, -0.05) is 55.5 Å². The van der Waals surface area contributed by atoms with E-state index in [1.807, 2.05) is 43.3 Å². The van der Waals surface area contributed by atoms with Gasteiger partial charge in [0.25, 0.3) is 0 Å². The third-order valence-corrected chi connectivity index (χ3v) is 6.71. The Bertz CT molecular complexity index is 1300. The van der Waals surface area contributed by atoms with Crippen molar-refractivity contribution in [3.05, 3.63) is 83.9 Å². The van der Waals surface area contributed by atoms with Crippen molar-refractivity contribution in [2.45, 2.75) is 26.7 Å². The Morgan fingerprint density at radius 3 is 1.85 bits per heavy atom. The fraction of sp³-hybridized carbons (Fsp3) is 0.250. The van der Waals surface area contributed by atoms with Crippen molar-refractivity contribution < 1.29 is 33.6 Å². The minimum atomic E-state index is -4.20. The largest absolute Gasteiger partial charge is 0.449 e. The van der Waals surface area contributed by atoms with E-state index in [1.54, 1.807) is 50.2 Å². The lowest BCUT2D eigenvalue weighted by molar-refractivity contribution is 0.286. The molecule has 3 aromatic carbocycles. The fourth-order valence-electron chi connectivity index (χ4n) is 3.30. The van der Waals surface area contributed by atoms with Crippen LogP contribution >= 0.6 is 0 Å². The second-order valence-corrected chi connectivity index (χ2v) is 9.65. The number of hydrogen-bond donors (Lipinski definition) is 0. The Hall–Kier alpha value is -2.92. The molecule has 0 aliphatic heterocycles. The van der Waals surface area contributed by atoms with E-state index >= 15 is 0 Å². The lowest BCUT2D eigenvalue weighted by Crippen LogP contribution is -2.13. The van der Waals surface area contributed by atoms with Gasteiger partial charge in [-0.05, 0) is 54.8 Å². The van der Waals surface area contributed by atoms with Crippen LogP contribution in [-0.2, 0) is 29.2 Å². The summed E-state index contributed by atoms with van der Waals surface area (Å²) < 4.78 is 67.0. The van der Waals surface area contributed by atoms with Crippen molar-refractivity contribution >= 4 is 20.8 Å². The molecular formula is C24H26O8S2. The van der Waals surface area contributed by atoms with Gasteiger partial charge in [0.1, 0.15) is 5.75 Å². The summed E-state index contributed by atoms with van der Waals surface area (Å²) in [5.74, 6) is 0.192. The first-order valence-corrected chi connectivity index (χ1v) is 13.3. The van der Waals surface area contributed by atoms with Crippen molar-refractivity contribution in [2.75, 3.05) is 13.2 Å². The Morgan fingerprint density at radius 1 is 0.706 bits per heavy atom. The maximum atomic E-state index is 12.1. The summed E-state index contributed by atoms with van der Waals surface area (Å²) in [5.41, 5.74) is 3.17. The molecule has 0 radical (unpaired) electrons. The monoisotopic (exact) mass is 506 g/mol. The molecular weight excluding hydrogens is 480 g/mol. The van der Waals surface area contributed by atoms with Crippen molar-refractivity contribution in [1.82, 2.24) is 0 Å². The second-order valence-electron chi connectivity index (χ2n) is 7.21. The van der Waals surface area contributed by atoms with E-state index in [1.165, 1.54) is 0 Å². The fourth-order valence-corrected chi connectivity index (χ4v) is 4.69. The highest BCUT2D eigenvalue weighted by molar-refractivity contribution is 7.82. The zero-order valence-corrected chi connectivity index (χ0v) is 20.6. The lowest BCUT2D eigenvalue weighted by Gasteiger charge is -2.17. The van der Waals surface area contributed by atoms with Gasteiger partial charge in [0.15, 0.2) is 5.75 Å². The van der Waals surface area contributed by atoms with Crippen LogP contribution < -0.4 is 8.37 Å². The zero-order valence-electron chi connectivity index (χ0n) is 19.0. The van der Waals surface area contributed by atoms with Gasteiger partial charge in [-0.25, -0.2) is 8.37 Å². The van der Waals surface area contributed by atoms with Crippen LogP contribution in [0.25, 0.3) is 11.1 Å². The first-order valence-electron chi connectivity index (χ1n) is 10.6. The summed E-state index contributed by atoms with van der Waals surface area (Å²) in [6, 6.07) is 21.1. The van der Waals surface area contributed by atoms with Gasteiger partial charge in [0, 0.05) is 11.5 Å². The van der Waals surface area contributed by atoms with Gasteiger partial charge in [-0.3, -0.25) is 0 Å². The molecule has 0 bridgehead atoms. The molecule has 0 fully saturated rings. The highest BCUT2D eigenvalue weighted by Gasteiger charge is 2.19. The first-order chi connectivity index (χ1) is 16.1. The number of rotatable bonds is 11. The van der Waals surface area contributed by atoms with Crippen LogP contribution in [0.3, 0.4) is 0 Å². The smallest absolute Gasteiger partial charge is 0.362 e. The molecule has 1 unspecified atom stereocenters. The van der Waals surface area contributed by atoms with Crippen LogP contribution in [0.2, 0.25) is 0 Å². The van der Waals surface area contributed by atoms with Crippen molar-refractivity contribution in [1.29, 1.82) is 0 Å². The molecule has 0 amide bonds. The Labute approximate surface area is 200 Å². The Kier molecular flexibility index (Phi) is 8.32. The number of hydrogen-bond acceptors (Lipinski definition) is 8. The summed E-state index contributed by atoms with van der Waals surface area (Å²) in [6.45, 7) is 5.04. The van der Waals surface area contributed by atoms with Crippen LogP contribution in [0.15, 0.2) is 72.8 Å². The van der Waals surface area contributed by atoms with Gasteiger partial charge in [0.2, 0.25) is 0 Å². The molecule has 182 valence electrons. The van der Waals surface area contributed by atoms with E-state index in [0.29, 0.717) is 5.56 Å². The molecule has 0 N–H and O–H groups in total. The van der Waals surface area contributed by atoms with E-state index in [-0.39, 0.29) is 30.6 Å². The lowest BCUT2D eigenvalue weighted by atomic mass is 9.90. The van der Waals surface area contributed by atoms with Crippen molar-refractivity contribution in [2.24, 2.45) is 0 Å². The van der Waals surface area contributed by atoms with Crippen LogP contribution in [0, 0.1) is 0 Å².